The summed E-state index contributed by atoms with van der Waals surface area (Å²) in [6, 6.07) is 15.9. The molecule has 1 amide bonds. The van der Waals surface area contributed by atoms with Gasteiger partial charge in [-0.15, -0.1) is 5.10 Å². The van der Waals surface area contributed by atoms with E-state index in [0.29, 0.717) is 35.1 Å². The molecule has 14 nitrogen and oxygen atoms in total. The number of anilines is 3. The van der Waals surface area contributed by atoms with Gasteiger partial charge in [-0.25, -0.2) is 19.0 Å². The van der Waals surface area contributed by atoms with Crippen molar-refractivity contribution in [2.45, 2.75) is 51.3 Å². The van der Waals surface area contributed by atoms with Crippen LogP contribution in [0.4, 0.5) is 21.6 Å². The van der Waals surface area contributed by atoms with Crippen molar-refractivity contribution >= 4 is 44.1 Å². The van der Waals surface area contributed by atoms with Gasteiger partial charge in [0.15, 0.2) is 6.29 Å². The lowest BCUT2D eigenvalue weighted by molar-refractivity contribution is -0.117. The lowest BCUT2D eigenvalue weighted by Gasteiger charge is -2.13. The lowest BCUT2D eigenvalue weighted by atomic mass is 10.2. The van der Waals surface area contributed by atoms with Crippen molar-refractivity contribution in [3.63, 3.8) is 0 Å². The Morgan fingerprint density at radius 1 is 1.00 bits per heavy atom. The van der Waals surface area contributed by atoms with E-state index in [-0.39, 0.29) is 41.5 Å². The lowest BCUT2D eigenvalue weighted by Crippen LogP contribution is -2.19. The number of hydrogen-bond donors (Lipinski definition) is 3. The summed E-state index contributed by atoms with van der Waals surface area (Å²) in [4.78, 5) is 20.7. The standard InChI is InChI=1S/C26H30FN7O4.C7H8O3S/c1-16(2)23-13-34(33-32-23)14-24(35)30-18-5-7-19(8-6-18)31-26-25-21(27)11-20(12-22(25)28-15-29-26)38-10-9-37-17(3)36-4;1-6-2-4-7(5-3-6)11(8,9)10/h5-8,11-13,15-17H,9-10,14H2,1-4H3,(H,30,35)(H,28,29,31);2-5H,1H3,(H,8,9,10). The van der Waals surface area contributed by atoms with Crippen LogP contribution in [0, 0.1) is 12.7 Å². The van der Waals surface area contributed by atoms with Gasteiger partial charge in [-0.2, -0.15) is 8.42 Å². The van der Waals surface area contributed by atoms with E-state index in [0.717, 1.165) is 11.3 Å². The van der Waals surface area contributed by atoms with Crippen molar-refractivity contribution in [3.8, 4) is 5.75 Å². The molecule has 3 N–H and O–H groups in total. The number of nitrogens with one attached hydrogen (secondary N) is 2. The van der Waals surface area contributed by atoms with Crippen LogP contribution in [0.2, 0.25) is 0 Å². The quantitative estimate of drug-likeness (QED) is 0.0802. The molecule has 0 aliphatic carbocycles. The molecule has 0 fully saturated rings. The van der Waals surface area contributed by atoms with Gasteiger partial charge in [0.1, 0.15) is 36.9 Å². The number of methoxy groups -OCH3 is 1. The smallest absolute Gasteiger partial charge is 0.294 e. The van der Waals surface area contributed by atoms with Crippen molar-refractivity contribution in [2.24, 2.45) is 0 Å². The summed E-state index contributed by atoms with van der Waals surface area (Å²) in [5.41, 5.74) is 3.44. The minimum absolute atomic E-state index is 0.0525. The molecular weight excluding hydrogens is 657 g/mol. The Kier molecular flexibility index (Phi) is 12.7. The molecule has 0 saturated carbocycles. The minimum atomic E-state index is -4.02. The Labute approximate surface area is 283 Å². The predicted molar refractivity (Wildman–Crippen MR) is 181 cm³/mol. The number of fused-ring (bicyclic) bond motifs is 1. The van der Waals surface area contributed by atoms with Crippen LogP contribution >= 0.6 is 0 Å². The molecule has 0 bridgehead atoms. The average Bonchev–Trinajstić information content (AvgIpc) is 3.53. The van der Waals surface area contributed by atoms with Gasteiger partial charge in [-0.1, -0.05) is 36.8 Å². The molecule has 1 unspecified atom stereocenters. The van der Waals surface area contributed by atoms with Crippen molar-refractivity contribution in [3.05, 3.63) is 90.3 Å². The maximum Gasteiger partial charge on any atom is 0.294 e. The second-order valence-corrected chi connectivity index (χ2v) is 12.5. The van der Waals surface area contributed by atoms with Crippen LogP contribution in [0.5, 0.6) is 5.75 Å². The van der Waals surface area contributed by atoms with Gasteiger partial charge in [0, 0.05) is 36.8 Å². The molecule has 0 saturated heterocycles. The van der Waals surface area contributed by atoms with Crippen molar-refractivity contribution in [1.29, 1.82) is 0 Å². The molecule has 1 atom stereocenters. The van der Waals surface area contributed by atoms with E-state index in [4.69, 9.17) is 18.8 Å². The zero-order chi connectivity index (χ0) is 35.6. The Bertz CT molecular complexity index is 1960. The van der Waals surface area contributed by atoms with Gasteiger partial charge in [0.25, 0.3) is 10.1 Å². The number of benzene rings is 3. The summed E-state index contributed by atoms with van der Waals surface area (Å²) >= 11 is 0. The highest BCUT2D eigenvalue weighted by Crippen LogP contribution is 2.29. The Morgan fingerprint density at radius 2 is 1.69 bits per heavy atom. The number of halogens is 1. The number of aromatic nitrogens is 5. The number of hydrogen-bond acceptors (Lipinski definition) is 11. The Balaban J connectivity index is 0.000000418. The zero-order valence-electron chi connectivity index (χ0n) is 27.6. The number of nitrogens with zero attached hydrogens (tertiary/aromatic N) is 5. The van der Waals surface area contributed by atoms with E-state index in [1.165, 1.54) is 29.2 Å². The van der Waals surface area contributed by atoms with Crippen LogP contribution in [0.3, 0.4) is 0 Å². The number of ether oxygens (including phenoxy) is 3. The molecule has 2 heterocycles. The highest BCUT2D eigenvalue weighted by atomic mass is 32.2. The second kappa shape index (κ2) is 16.9. The summed E-state index contributed by atoms with van der Waals surface area (Å²) in [6.07, 6.45) is 2.76. The maximum absolute atomic E-state index is 15.0. The third-order valence-corrected chi connectivity index (χ3v) is 7.77. The largest absolute Gasteiger partial charge is 0.491 e. The van der Waals surface area contributed by atoms with Gasteiger partial charge < -0.3 is 24.8 Å². The molecular formula is C33H38FN7O7S. The first kappa shape index (κ1) is 36.8. The minimum Gasteiger partial charge on any atom is -0.491 e. The van der Waals surface area contributed by atoms with E-state index in [9.17, 15) is 13.2 Å². The molecule has 0 aliphatic heterocycles. The Hall–Kier alpha value is -5.03. The first-order valence-corrected chi connectivity index (χ1v) is 16.6. The van der Waals surface area contributed by atoms with Crippen LogP contribution in [-0.2, 0) is 30.9 Å². The number of carbonyl (C=O) groups excluding carboxylic acids is 1. The van der Waals surface area contributed by atoms with Crippen molar-refractivity contribution in [1.82, 2.24) is 25.0 Å². The first-order valence-electron chi connectivity index (χ1n) is 15.1. The van der Waals surface area contributed by atoms with Crippen LogP contribution < -0.4 is 15.4 Å². The average molecular weight is 696 g/mol. The molecule has 5 rings (SSSR count). The predicted octanol–water partition coefficient (Wildman–Crippen LogP) is 5.50. The number of rotatable bonds is 13. The normalized spacial score (nSPS) is 11.9. The summed E-state index contributed by atoms with van der Waals surface area (Å²) in [5.74, 6) is 0.120. The van der Waals surface area contributed by atoms with E-state index in [1.807, 2.05) is 20.8 Å². The van der Waals surface area contributed by atoms with Gasteiger partial charge in [-0.3, -0.25) is 9.35 Å². The molecule has 0 spiro atoms. The molecule has 16 heteroatoms. The zero-order valence-corrected chi connectivity index (χ0v) is 28.4. The van der Waals surface area contributed by atoms with E-state index < -0.39 is 15.9 Å². The molecule has 3 aromatic carbocycles. The number of amides is 1. The van der Waals surface area contributed by atoms with Crippen LogP contribution in [0.25, 0.3) is 10.9 Å². The molecule has 5 aromatic rings. The van der Waals surface area contributed by atoms with Crippen molar-refractivity contribution in [2.75, 3.05) is 31.0 Å². The van der Waals surface area contributed by atoms with Gasteiger partial charge in [0.05, 0.1) is 28.1 Å². The fraction of sp³-hybridized carbons (Fsp3) is 0.303. The summed E-state index contributed by atoms with van der Waals surface area (Å²) in [7, 11) is -2.47. The molecule has 0 aliphatic rings. The summed E-state index contributed by atoms with van der Waals surface area (Å²) in [6.45, 7) is 8.21. The molecule has 49 heavy (non-hydrogen) atoms. The summed E-state index contributed by atoms with van der Waals surface area (Å²) in [5, 5.41) is 14.2. The first-order chi connectivity index (χ1) is 23.3. The Morgan fingerprint density at radius 3 is 2.33 bits per heavy atom. The second-order valence-electron chi connectivity index (χ2n) is 11.1. The topological polar surface area (TPSA) is 180 Å². The number of carbonyl (C=O) groups is 1. The fourth-order valence-corrected chi connectivity index (χ4v) is 4.70. The van der Waals surface area contributed by atoms with Crippen LogP contribution in [0.1, 0.15) is 37.9 Å². The van der Waals surface area contributed by atoms with Gasteiger partial charge >= 0.3 is 0 Å². The molecule has 2 aromatic heterocycles. The maximum atomic E-state index is 15.0. The van der Waals surface area contributed by atoms with E-state index in [1.54, 1.807) is 62.7 Å². The van der Waals surface area contributed by atoms with Crippen LogP contribution in [-0.4, -0.2) is 70.5 Å². The van der Waals surface area contributed by atoms with E-state index in [2.05, 4.69) is 30.9 Å². The SMILES string of the molecule is COC(C)OCCOc1cc(F)c2c(Nc3ccc(NC(=O)Cn4cc(C(C)C)nn4)cc3)ncnc2c1.Cc1ccc(S(=O)(=O)O)cc1. The highest BCUT2D eigenvalue weighted by molar-refractivity contribution is 7.85. The van der Waals surface area contributed by atoms with Crippen LogP contribution in [0.15, 0.2) is 78.1 Å². The van der Waals surface area contributed by atoms with Gasteiger partial charge in [-0.05, 0) is 56.2 Å². The molecule has 0 radical (unpaired) electrons. The fourth-order valence-electron chi connectivity index (χ4n) is 4.22. The molecule has 260 valence electrons. The van der Waals surface area contributed by atoms with Gasteiger partial charge in [0.2, 0.25) is 5.91 Å². The summed E-state index contributed by atoms with van der Waals surface area (Å²) < 4.78 is 62.1. The highest BCUT2D eigenvalue weighted by Gasteiger charge is 2.14. The van der Waals surface area contributed by atoms with Crippen molar-refractivity contribution < 1.29 is 36.4 Å². The third kappa shape index (κ3) is 11.0. The monoisotopic (exact) mass is 695 g/mol. The van der Waals surface area contributed by atoms with E-state index >= 15 is 4.39 Å². The third-order valence-electron chi connectivity index (χ3n) is 6.90. The number of aryl methyl sites for hydroxylation is 1.